The van der Waals surface area contributed by atoms with E-state index in [1.165, 1.54) is 23.9 Å². The maximum absolute atomic E-state index is 13.7. The predicted octanol–water partition coefficient (Wildman–Crippen LogP) is 3.14. The Balaban J connectivity index is 1.61. The number of allylic oxidation sites excluding steroid dienone is 1. The largest absolute Gasteiger partial charge is 0.342 e. The zero-order chi connectivity index (χ0) is 21.5. The average molecular weight is 432 g/mol. The van der Waals surface area contributed by atoms with E-state index in [1.807, 2.05) is 4.90 Å². The van der Waals surface area contributed by atoms with E-state index in [-0.39, 0.29) is 23.8 Å². The number of nitrogens with zero attached hydrogens (tertiary/aromatic N) is 4. The van der Waals surface area contributed by atoms with Crippen LogP contribution in [0.15, 0.2) is 42.1 Å². The van der Waals surface area contributed by atoms with Crippen molar-refractivity contribution in [3.05, 3.63) is 48.6 Å². The van der Waals surface area contributed by atoms with Crippen molar-refractivity contribution in [2.75, 3.05) is 24.2 Å². The second-order valence-electron chi connectivity index (χ2n) is 7.35. The molecule has 3 rings (SSSR count). The molecule has 1 aromatic carbocycles. The Labute approximate surface area is 179 Å². The Kier molecular flexibility index (Phi) is 7.62. The highest BCUT2D eigenvalue weighted by atomic mass is 32.2. The van der Waals surface area contributed by atoms with Gasteiger partial charge in [-0.05, 0) is 30.9 Å². The van der Waals surface area contributed by atoms with Crippen LogP contribution in [0.25, 0.3) is 0 Å². The Hall–Kier alpha value is -2.68. The van der Waals surface area contributed by atoms with Crippen molar-refractivity contribution in [2.45, 2.75) is 37.9 Å². The molecule has 0 radical (unpaired) electrons. The fourth-order valence-corrected chi connectivity index (χ4v) is 4.11. The van der Waals surface area contributed by atoms with Crippen LogP contribution in [0.1, 0.15) is 25.6 Å². The van der Waals surface area contributed by atoms with Gasteiger partial charge >= 0.3 is 0 Å². The lowest BCUT2D eigenvalue weighted by atomic mass is 9.99. The number of para-hydroxylation sites is 1. The normalized spacial score (nSPS) is 14.5. The highest BCUT2D eigenvalue weighted by Crippen LogP contribution is 2.21. The molecule has 0 saturated carbocycles. The third-order valence-corrected chi connectivity index (χ3v) is 5.98. The number of piperidine rings is 1. The van der Waals surface area contributed by atoms with Gasteiger partial charge < -0.3 is 14.8 Å². The topological polar surface area (TPSA) is 80.1 Å². The Morgan fingerprint density at radius 1 is 1.30 bits per heavy atom. The van der Waals surface area contributed by atoms with Gasteiger partial charge in [0, 0.05) is 19.6 Å². The first-order valence-corrected chi connectivity index (χ1v) is 10.9. The lowest BCUT2D eigenvalue weighted by Crippen LogP contribution is -2.38. The highest BCUT2D eigenvalue weighted by Gasteiger charge is 2.22. The number of nitrogens with one attached hydrogen (secondary N) is 1. The van der Waals surface area contributed by atoms with Crippen LogP contribution in [0.5, 0.6) is 0 Å². The molecule has 1 fully saturated rings. The van der Waals surface area contributed by atoms with E-state index in [9.17, 15) is 14.0 Å². The molecule has 30 heavy (non-hydrogen) atoms. The Bertz CT molecular complexity index is 909. The summed E-state index contributed by atoms with van der Waals surface area (Å²) in [4.78, 5) is 26.7. The first kappa shape index (κ1) is 22.0. The van der Waals surface area contributed by atoms with E-state index < -0.39 is 11.7 Å². The Morgan fingerprint density at radius 3 is 2.73 bits per heavy atom. The minimum Gasteiger partial charge on any atom is -0.342 e. The van der Waals surface area contributed by atoms with Gasteiger partial charge in [-0.3, -0.25) is 9.59 Å². The molecular weight excluding hydrogens is 405 g/mol. The summed E-state index contributed by atoms with van der Waals surface area (Å²) in [6.45, 7) is 7.94. The number of hydrogen-bond acceptors (Lipinski definition) is 5. The van der Waals surface area contributed by atoms with Gasteiger partial charge in [0.25, 0.3) is 0 Å². The SMILES string of the molecule is C=CCn1c(CC(=O)Nc2ccccc2F)nnc1SCC(=O)N1CCC(C)CC1. The van der Waals surface area contributed by atoms with Gasteiger partial charge in [-0.2, -0.15) is 0 Å². The molecule has 2 amide bonds. The molecule has 1 N–H and O–H groups in total. The van der Waals surface area contributed by atoms with Gasteiger partial charge in [0.15, 0.2) is 5.16 Å². The van der Waals surface area contributed by atoms with Crippen LogP contribution in [0.3, 0.4) is 0 Å². The van der Waals surface area contributed by atoms with Crippen molar-refractivity contribution in [3.8, 4) is 0 Å². The fourth-order valence-electron chi connectivity index (χ4n) is 3.25. The van der Waals surface area contributed by atoms with Crippen LogP contribution < -0.4 is 5.32 Å². The number of likely N-dealkylation sites (tertiary alicyclic amines) is 1. The molecule has 0 bridgehead atoms. The van der Waals surface area contributed by atoms with Crippen LogP contribution in [-0.4, -0.2) is 50.3 Å². The van der Waals surface area contributed by atoms with Crippen LogP contribution in [0.4, 0.5) is 10.1 Å². The number of anilines is 1. The summed E-state index contributed by atoms with van der Waals surface area (Å²) in [6.07, 6.45) is 3.68. The van der Waals surface area contributed by atoms with E-state index >= 15 is 0 Å². The predicted molar refractivity (Wildman–Crippen MR) is 115 cm³/mol. The zero-order valence-corrected chi connectivity index (χ0v) is 17.8. The smallest absolute Gasteiger partial charge is 0.233 e. The molecule has 1 saturated heterocycles. The molecule has 0 aliphatic carbocycles. The van der Waals surface area contributed by atoms with Crippen molar-refractivity contribution in [1.82, 2.24) is 19.7 Å². The number of aromatic nitrogens is 3. The van der Waals surface area contributed by atoms with Gasteiger partial charge in [-0.15, -0.1) is 16.8 Å². The molecule has 0 atom stereocenters. The summed E-state index contributed by atoms with van der Waals surface area (Å²) in [5, 5.41) is 11.4. The third kappa shape index (κ3) is 5.69. The van der Waals surface area contributed by atoms with Gasteiger partial charge in [-0.25, -0.2) is 4.39 Å². The maximum Gasteiger partial charge on any atom is 0.233 e. The van der Waals surface area contributed by atoms with Gasteiger partial charge in [0.1, 0.15) is 11.6 Å². The number of hydrogen-bond donors (Lipinski definition) is 1. The average Bonchev–Trinajstić information content (AvgIpc) is 3.10. The minimum atomic E-state index is -0.500. The number of amides is 2. The summed E-state index contributed by atoms with van der Waals surface area (Å²) in [6, 6.07) is 5.98. The number of rotatable bonds is 8. The number of halogens is 1. The lowest BCUT2D eigenvalue weighted by molar-refractivity contribution is -0.129. The molecule has 1 aliphatic rings. The molecule has 1 aromatic heterocycles. The molecule has 7 nitrogen and oxygen atoms in total. The molecule has 0 unspecified atom stereocenters. The minimum absolute atomic E-state index is 0.0618. The second kappa shape index (κ2) is 10.4. The molecular formula is C21H26FN5O2S. The molecule has 9 heteroatoms. The molecule has 0 spiro atoms. The lowest BCUT2D eigenvalue weighted by Gasteiger charge is -2.30. The van der Waals surface area contributed by atoms with Gasteiger partial charge in [-0.1, -0.05) is 36.9 Å². The molecule has 1 aliphatic heterocycles. The summed E-state index contributed by atoms with van der Waals surface area (Å²) < 4.78 is 15.5. The maximum atomic E-state index is 13.7. The third-order valence-electron chi connectivity index (χ3n) is 5.03. The number of benzene rings is 1. The first-order valence-electron chi connectivity index (χ1n) is 9.96. The van der Waals surface area contributed by atoms with E-state index in [4.69, 9.17) is 0 Å². The van der Waals surface area contributed by atoms with Crippen molar-refractivity contribution in [2.24, 2.45) is 5.92 Å². The van der Waals surface area contributed by atoms with Crippen molar-refractivity contribution < 1.29 is 14.0 Å². The van der Waals surface area contributed by atoms with E-state index in [2.05, 4.69) is 29.0 Å². The van der Waals surface area contributed by atoms with Gasteiger partial charge in [0.05, 0.1) is 17.9 Å². The van der Waals surface area contributed by atoms with E-state index in [1.54, 1.807) is 22.8 Å². The molecule has 2 aromatic rings. The van der Waals surface area contributed by atoms with Crippen LogP contribution in [0.2, 0.25) is 0 Å². The van der Waals surface area contributed by atoms with Crippen LogP contribution in [0, 0.1) is 11.7 Å². The van der Waals surface area contributed by atoms with E-state index in [0.717, 1.165) is 25.9 Å². The first-order chi connectivity index (χ1) is 14.5. The van der Waals surface area contributed by atoms with Crippen LogP contribution >= 0.6 is 11.8 Å². The quantitative estimate of drug-likeness (QED) is 0.513. The fraction of sp³-hybridized carbons (Fsp3) is 0.429. The molecule has 2 heterocycles. The van der Waals surface area contributed by atoms with Crippen molar-refractivity contribution in [3.63, 3.8) is 0 Å². The number of thioether (sulfide) groups is 1. The Morgan fingerprint density at radius 2 is 2.03 bits per heavy atom. The monoisotopic (exact) mass is 431 g/mol. The summed E-state index contributed by atoms with van der Waals surface area (Å²) in [7, 11) is 0. The second-order valence-corrected chi connectivity index (χ2v) is 8.30. The number of carbonyl (C=O) groups is 2. The van der Waals surface area contributed by atoms with Crippen molar-refractivity contribution in [1.29, 1.82) is 0 Å². The van der Waals surface area contributed by atoms with Crippen molar-refractivity contribution >= 4 is 29.3 Å². The number of carbonyl (C=O) groups excluding carboxylic acids is 2. The highest BCUT2D eigenvalue weighted by molar-refractivity contribution is 7.99. The van der Waals surface area contributed by atoms with Crippen LogP contribution in [-0.2, 0) is 22.6 Å². The standard InChI is InChI=1S/C21H26FN5O2S/c1-3-10-27-18(13-19(28)23-17-7-5-4-6-16(17)22)24-25-21(27)30-14-20(29)26-11-8-15(2)9-12-26/h3-7,15H,1,8-14H2,2H3,(H,23,28). The summed E-state index contributed by atoms with van der Waals surface area (Å²) in [5.41, 5.74) is 0.119. The summed E-state index contributed by atoms with van der Waals surface area (Å²) in [5.74, 6) is 0.554. The van der Waals surface area contributed by atoms with Gasteiger partial charge in [0.2, 0.25) is 11.8 Å². The van der Waals surface area contributed by atoms with E-state index in [0.29, 0.717) is 23.4 Å². The zero-order valence-electron chi connectivity index (χ0n) is 17.0. The molecule has 160 valence electrons. The summed E-state index contributed by atoms with van der Waals surface area (Å²) >= 11 is 1.30.